The number of carbonyl (C=O) groups is 2. The topological polar surface area (TPSA) is 81.2 Å². The second-order valence-corrected chi connectivity index (χ2v) is 6.89. The summed E-state index contributed by atoms with van der Waals surface area (Å²) in [6, 6.07) is 0. The van der Waals surface area contributed by atoms with Crippen molar-refractivity contribution in [3.8, 4) is 0 Å². The Morgan fingerprint density at radius 1 is 1.17 bits per heavy atom. The van der Waals surface area contributed by atoms with Crippen molar-refractivity contribution in [2.45, 2.75) is 57.4 Å². The van der Waals surface area contributed by atoms with E-state index < -0.39 is 0 Å². The van der Waals surface area contributed by atoms with Gasteiger partial charge in [0.2, 0.25) is 11.8 Å². The summed E-state index contributed by atoms with van der Waals surface area (Å²) >= 11 is 0. The van der Waals surface area contributed by atoms with Crippen LogP contribution in [0.4, 0.5) is 0 Å². The zero-order valence-corrected chi connectivity index (χ0v) is 13.6. The number of nitrogens with two attached hydrogens (primary N) is 1. The van der Waals surface area contributed by atoms with Crippen molar-refractivity contribution in [2.24, 2.45) is 11.7 Å². The molecule has 23 heavy (non-hydrogen) atoms. The SMILES string of the molecule is NC(=O)Cn1ccnc1C1CCN(C(=O)CC2CCCC2)CC1. The third-order valence-electron chi connectivity index (χ3n) is 5.22. The van der Waals surface area contributed by atoms with Crippen molar-refractivity contribution >= 4 is 11.8 Å². The number of primary amides is 1. The highest BCUT2D eigenvalue weighted by atomic mass is 16.2. The smallest absolute Gasteiger partial charge is 0.237 e. The molecule has 2 heterocycles. The summed E-state index contributed by atoms with van der Waals surface area (Å²) in [7, 11) is 0. The van der Waals surface area contributed by atoms with Gasteiger partial charge in [-0.2, -0.15) is 0 Å². The predicted molar refractivity (Wildman–Crippen MR) is 86.6 cm³/mol. The number of nitrogens with zero attached hydrogens (tertiary/aromatic N) is 3. The maximum absolute atomic E-state index is 12.4. The molecule has 0 atom stereocenters. The number of hydrogen-bond acceptors (Lipinski definition) is 3. The molecule has 1 aromatic heterocycles. The van der Waals surface area contributed by atoms with Crippen LogP contribution in [0.2, 0.25) is 0 Å². The van der Waals surface area contributed by atoms with Crippen molar-refractivity contribution in [1.82, 2.24) is 14.5 Å². The number of imidazole rings is 1. The minimum atomic E-state index is -0.353. The van der Waals surface area contributed by atoms with Gasteiger partial charge in [-0.15, -0.1) is 0 Å². The summed E-state index contributed by atoms with van der Waals surface area (Å²) in [5, 5.41) is 0. The maximum Gasteiger partial charge on any atom is 0.237 e. The Balaban J connectivity index is 1.53. The average Bonchev–Trinajstić information content (AvgIpc) is 3.18. The molecule has 1 aliphatic carbocycles. The molecule has 3 rings (SSSR count). The first-order chi connectivity index (χ1) is 11.1. The number of likely N-dealkylation sites (tertiary alicyclic amines) is 1. The summed E-state index contributed by atoms with van der Waals surface area (Å²) in [5.74, 6) is 1.80. The highest BCUT2D eigenvalue weighted by Gasteiger charge is 2.28. The lowest BCUT2D eigenvalue weighted by Crippen LogP contribution is -2.39. The number of aromatic nitrogens is 2. The Morgan fingerprint density at radius 3 is 2.52 bits per heavy atom. The first-order valence-corrected chi connectivity index (χ1v) is 8.70. The van der Waals surface area contributed by atoms with Crippen LogP contribution in [0.15, 0.2) is 12.4 Å². The summed E-state index contributed by atoms with van der Waals surface area (Å²) in [6.45, 7) is 1.76. The van der Waals surface area contributed by atoms with Gasteiger partial charge in [-0.05, 0) is 31.6 Å². The molecule has 2 amide bonds. The molecule has 6 heteroatoms. The van der Waals surface area contributed by atoms with E-state index in [9.17, 15) is 9.59 Å². The minimum Gasteiger partial charge on any atom is -0.368 e. The van der Waals surface area contributed by atoms with Crippen LogP contribution in [-0.4, -0.2) is 39.4 Å². The van der Waals surface area contributed by atoms with Crippen LogP contribution < -0.4 is 5.73 Å². The second-order valence-electron chi connectivity index (χ2n) is 6.89. The van der Waals surface area contributed by atoms with Gasteiger partial charge in [0.1, 0.15) is 12.4 Å². The van der Waals surface area contributed by atoms with Crippen LogP contribution in [-0.2, 0) is 16.1 Å². The van der Waals surface area contributed by atoms with E-state index in [1.165, 1.54) is 25.7 Å². The molecule has 1 saturated heterocycles. The van der Waals surface area contributed by atoms with Crippen molar-refractivity contribution in [2.75, 3.05) is 13.1 Å². The van der Waals surface area contributed by atoms with Gasteiger partial charge in [-0.3, -0.25) is 9.59 Å². The molecule has 2 N–H and O–H groups in total. The molecular weight excluding hydrogens is 292 g/mol. The molecule has 2 fully saturated rings. The fourth-order valence-electron chi connectivity index (χ4n) is 3.96. The summed E-state index contributed by atoms with van der Waals surface area (Å²) in [4.78, 5) is 29.9. The quantitative estimate of drug-likeness (QED) is 0.896. The molecule has 0 unspecified atom stereocenters. The molecule has 0 radical (unpaired) electrons. The van der Waals surface area contributed by atoms with E-state index in [0.29, 0.717) is 17.7 Å². The highest BCUT2D eigenvalue weighted by molar-refractivity contribution is 5.76. The lowest BCUT2D eigenvalue weighted by molar-refractivity contribution is -0.133. The van der Waals surface area contributed by atoms with Gasteiger partial charge < -0.3 is 15.2 Å². The minimum absolute atomic E-state index is 0.177. The standard InChI is InChI=1S/C17H26N4O2/c18-15(22)12-21-10-7-19-17(21)14-5-8-20(9-6-14)16(23)11-13-3-1-2-4-13/h7,10,13-14H,1-6,8-9,11-12H2,(H2,18,22). The van der Waals surface area contributed by atoms with E-state index in [-0.39, 0.29) is 12.5 Å². The number of carbonyl (C=O) groups excluding carboxylic acids is 2. The van der Waals surface area contributed by atoms with Crippen LogP contribution in [0.5, 0.6) is 0 Å². The van der Waals surface area contributed by atoms with E-state index in [2.05, 4.69) is 4.98 Å². The van der Waals surface area contributed by atoms with Gasteiger partial charge in [0.25, 0.3) is 0 Å². The van der Waals surface area contributed by atoms with Gasteiger partial charge in [0.05, 0.1) is 0 Å². The Hall–Kier alpha value is -1.85. The zero-order chi connectivity index (χ0) is 16.2. The van der Waals surface area contributed by atoms with E-state index >= 15 is 0 Å². The van der Waals surface area contributed by atoms with Crippen LogP contribution in [0, 0.1) is 5.92 Å². The molecule has 1 saturated carbocycles. The van der Waals surface area contributed by atoms with Crippen molar-refractivity contribution < 1.29 is 9.59 Å². The van der Waals surface area contributed by atoms with E-state index in [0.717, 1.165) is 38.2 Å². The largest absolute Gasteiger partial charge is 0.368 e. The first kappa shape index (κ1) is 16.0. The summed E-state index contributed by atoms with van der Waals surface area (Å²) < 4.78 is 1.84. The molecular formula is C17H26N4O2. The van der Waals surface area contributed by atoms with Crippen LogP contribution in [0.3, 0.4) is 0 Å². The molecule has 0 spiro atoms. The van der Waals surface area contributed by atoms with E-state index in [4.69, 9.17) is 5.73 Å². The second kappa shape index (κ2) is 7.15. The van der Waals surface area contributed by atoms with Crippen molar-refractivity contribution in [3.05, 3.63) is 18.2 Å². The number of rotatable bonds is 5. The van der Waals surface area contributed by atoms with Gasteiger partial charge >= 0.3 is 0 Å². The number of piperidine rings is 1. The number of hydrogen-bond donors (Lipinski definition) is 1. The monoisotopic (exact) mass is 318 g/mol. The average molecular weight is 318 g/mol. The zero-order valence-electron chi connectivity index (χ0n) is 13.6. The predicted octanol–water partition coefficient (Wildman–Crippen LogP) is 1.65. The maximum atomic E-state index is 12.4. The molecule has 126 valence electrons. The fraction of sp³-hybridized carbons (Fsp3) is 0.706. The molecule has 0 bridgehead atoms. The molecule has 2 aliphatic rings. The van der Waals surface area contributed by atoms with Crippen LogP contribution >= 0.6 is 0 Å². The first-order valence-electron chi connectivity index (χ1n) is 8.70. The Labute approximate surface area is 137 Å². The third-order valence-corrected chi connectivity index (χ3v) is 5.22. The fourth-order valence-corrected chi connectivity index (χ4v) is 3.96. The van der Waals surface area contributed by atoms with Gasteiger partial charge in [0.15, 0.2) is 0 Å². The molecule has 1 aromatic rings. The lowest BCUT2D eigenvalue weighted by atomic mass is 9.94. The lowest BCUT2D eigenvalue weighted by Gasteiger charge is -2.32. The number of amides is 2. The molecule has 6 nitrogen and oxygen atoms in total. The van der Waals surface area contributed by atoms with Crippen LogP contribution in [0.25, 0.3) is 0 Å². The summed E-state index contributed by atoms with van der Waals surface area (Å²) in [5.41, 5.74) is 5.28. The van der Waals surface area contributed by atoms with E-state index in [1.54, 1.807) is 12.4 Å². The Bertz CT molecular complexity index is 555. The van der Waals surface area contributed by atoms with Gasteiger partial charge in [-0.1, -0.05) is 12.8 Å². The molecule has 1 aliphatic heterocycles. The van der Waals surface area contributed by atoms with Crippen LogP contribution in [0.1, 0.15) is 56.7 Å². The van der Waals surface area contributed by atoms with Crippen molar-refractivity contribution in [1.29, 1.82) is 0 Å². The van der Waals surface area contributed by atoms with E-state index in [1.807, 2.05) is 9.47 Å². The Kier molecular flexibility index (Phi) is 4.98. The normalized spacial score (nSPS) is 20.1. The Morgan fingerprint density at radius 2 is 1.87 bits per heavy atom. The molecule has 0 aromatic carbocycles. The van der Waals surface area contributed by atoms with Gasteiger partial charge in [0, 0.05) is 37.8 Å². The summed E-state index contributed by atoms with van der Waals surface area (Å²) in [6.07, 6.45) is 11.1. The highest BCUT2D eigenvalue weighted by Crippen LogP contribution is 2.30. The van der Waals surface area contributed by atoms with Gasteiger partial charge in [-0.25, -0.2) is 4.98 Å². The van der Waals surface area contributed by atoms with Crippen molar-refractivity contribution in [3.63, 3.8) is 0 Å². The third kappa shape index (κ3) is 3.92.